The molecule has 24 heavy (non-hydrogen) atoms. The van der Waals surface area contributed by atoms with E-state index in [1.54, 1.807) is 33.5 Å². The van der Waals surface area contributed by atoms with Crippen LogP contribution in [0.3, 0.4) is 0 Å². The second-order valence-electron chi connectivity index (χ2n) is 5.01. The van der Waals surface area contributed by atoms with Crippen molar-refractivity contribution in [3.05, 3.63) is 36.4 Å². The minimum atomic E-state index is 0.507. The van der Waals surface area contributed by atoms with Crippen molar-refractivity contribution < 1.29 is 14.2 Å². The number of ether oxygens (including phenoxy) is 3. The largest absolute Gasteiger partial charge is 0.493 e. The second-order valence-corrected chi connectivity index (χ2v) is 5.01. The topological polar surface area (TPSA) is 95.3 Å². The molecular formula is C17H18N4O3. The molecule has 0 aliphatic carbocycles. The number of para-hydroxylation sites is 1. The summed E-state index contributed by atoms with van der Waals surface area (Å²) in [7, 11) is 4.69. The number of aromatic nitrogens is 3. The Hall–Kier alpha value is -3.22. The highest BCUT2D eigenvalue weighted by atomic mass is 16.5. The van der Waals surface area contributed by atoms with Crippen LogP contribution in [0.2, 0.25) is 0 Å². The Labute approximate surface area is 139 Å². The molecule has 1 aromatic heterocycles. The summed E-state index contributed by atoms with van der Waals surface area (Å²) in [6.07, 6.45) is 0. The van der Waals surface area contributed by atoms with Gasteiger partial charge >= 0.3 is 0 Å². The summed E-state index contributed by atoms with van der Waals surface area (Å²) in [6.45, 7) is 0. The van der Waals surface area contributed by atoms with E-state index in [4.69, 9.17) is 19.9 Å². The summed E-state index contributed by atoms with van der Waals surface area (Å²) in [5, 5.41) is 7.18. The number of H-pyrrole nitrogens is 1. The first-order valence-corrected chi connectivity index (χ1v) is 7.25. The van der Waals surface area contributed by atoms with Crippen molar-refractivity contribution in [2.45, 2.75) is 0 Å². The first kappa shape index (κ1) is 15.7. The number of nitrogens with two attached hydrogens (primary N) is 1. The van der Waals surface area contributed by atoms with Gasteiger partial charge in [0.25, 0.3) is 0 Å². The maximum atomic E-state index is 5.99. The van der Waals surface area contributed by atoms with Gasteiger partial charge in [-0.2, -0.15) is 5.10 Å². The van der Waals surface area contributed by atoms with Crippen LogP contribution in [0.5, 0.6) is 17.2 Å². The summed E-state index contributed by atoms with van der Waals surface area (Å²) in [5.74, 6) is 2.70. The summed E-state index contributed by atoms with van der Waals surface area (Å²) in [5.41, 5.74) is 8.15. The molecule has 7 nitrogen and oxygen atoms in total. The molecule has 0 radical (unpaired) electrons. The van der Waals surface area contributed by atoms with Gasteiger partial charge in [-0.05, 0) is 24.3 Å². The molecule has 0 amide bonds. The van der Waals surface area contributed by atoms with Gasteiger partial charge in [-0.25, -0.2) is 4.98 Å². The standard InChI is InChI=1S/C17H18N4O3/c1-22-13-8-10(9-14(23-2)15(13)24-3)16-19-17(21-20-16)11-6-4-5-7-12(11)18/h4-9H,18H2,1-3H3,(H,19,20,21). The highest BCUT2D eigenvalue weighted by molar-refractivity contribution is 5.73. The van der Waals surface area contributed by atoms with Crippen LogP contribution in [-0.2, 0) is 0 Å². The molecule has 0 unspecified atom stereocenters. The molecule has 0 spiro atoms. The average Bonchev–Trinajstić information content (AvgIpc) is 3.10. The number of hydrogen-bond acceptors (Lipinski definition) is 6. The number of nitrogens with one attached hydrogen (secondary N) is 1. The molecule has 124 valence electrons. The predicted octanol–water partition coefficient (Wildman–Crippen LogP) is 2.75. The molecule has 3 N–H and O–H groups in total. The number of rotatable bonds is 5. The Kier molecular flexibility index (Phi) is 4.24. The van der Waals surface area contributed by atoms with E-state index in [-0.39, 0.29) is 0 Å². The van der Waals surface area contributed by atoms with Gasteiger partial charge in [-0.3, -0.25) is 5.10 Å². The first-order chi connectivity index (χ1) is 11.7. The van der Waals surface area contributed by atoms with E-state index in [0.29, 0.717) is 34.6 Å². The molecule has 0 saturated heterocycles. The van der Waals surface area contributed by atoms with Gasteiger partial charge in [0.15, 0.2) is 23.1 Å². The number of methoxy groups -OCH3 is 3. The molecule has 0 fully saturated rings. The molecule has 3 rings (SSSR count). The van der Waals surface area contributed by atoms with Crippen molar-refractivity contribution in [1.29, 1.82) is 0 Å². The van der Waals surface area contributed by atoms with Crippen LogP contribution < -0.4 is 19.9 Å². The molecule has 1 heterocycles. The maximum absolute atomic E-state index is 5.99. The molecule has 0 aliphatic rings. The van der Waals surface area contributed by atoms with Gasteiger partial charge in [0.2, 0.25) is 5.75 Å². The van der Waals surface area contributed by atoms with Crippen LogP contribution in [0.1, 0.15) is 0 Å². The van der Waals surface area contributed by atoms with Crippen molar-refractivity contribution in [3.8, 4) is 40.0 Å². The molecule has 3 aromatic rings. The summed E-state index contributed by atoms with van der Waals surface area (Å²) in [4.78, 5) is 4.52. The van der Waals surface area contributed by atoms with Crippen LogP contribution in [0.15, 0.2) is 36.4 Å². The maximum Gasteiger partial charge on any atom is 0.203 e. The van der Waals surface area contributed by atoms with Crippen molar-refractivity contribution in [2.75, 3.05) is 27.1 Å². The van der Waals surface area contributed by atoms with E-state index >= 15 is 0 Å². The smallest absolute Gasteiger partial charge is 0.203 e. The van der Waals surface area contributed by atoms with Gasteiger partial charge < -0.3 is 19.9 Å². The van der Waals surface area contributed by atoms with Crippen LogP contribution >= 0.6 is 0 Å². The lowest BCUT2D eigenvalue weighted by molar-refractivity contribution is 0.324. The fourth-order valence-corrected chi connectivity index (χ4v) is 2.43. The minimum Gasteiger partial charge on any atom is -0.493 e. The van der Waals surface area contributed by atoms with E-state index in [2.05, 4.69) is 15.2 Å². The zero-order valence-electron chi connectivity index (χ0n) is 13.7. The Morgan fingerprint density at radius 3 is 2.21 bits per heavy atom. The highest BCUT2D eigenvalue weighted by Gasteiger charge is 2.17. The molecule has 0 atom stereocenters. The van der Waals surface area contributed by atoms with Crippen molar-refractivity contribution >= 4 is 5.69 Å². The van der Waals surface area contributed by atoms with Crippen LogP contribution in [-0.4, -0.2) is 36.5 Å². The molecule has 2 aromatic carbocycles. The third-order valence-corrected chi connectivity index (χ3v) is 3.62. The number of nitrogens with zero attached hydrogens (tertiary/aromatic N) is 2. The Bertz CT molecular complexity index is 836. The third-order valence-electron chi connectivity index (χ3n) is 3.62. The van der Waals surface area contributed by atoms with E-state index in [0.717, 1.165) is 11.1 Å². The Balaban J connectivity index is 2.06. The molecule has 0 aliphatic heterocycles. The normalized spacial score (nSPS) is 10.5. The van der Waals surface area contributed by atoms with Crippen molar-refractivity contribution in [1.82, 2.24) is 15.2 Å². The van der Waals surface area contributed by atoms with Crippen molar-refractivity contribution in [3.63, 3.8) is 0 Å². The average molecular weight is 326 g/mol. The number of nitrogen functional groups attached to an aromatic ring is 1. The van der Waals surface area contributed by atoms with Gasteiger partial charge in [0, 0.05) is 16.8 Å². The fourth-order valence-electron chi connectivity index (χ4n) is 2.43. The molecule has 7 heteroatoms. The zero-order chi connectivity index (χ0) is 17.1. The van der Waals surface area contributed by atoms with E-state index in [1.807, 2.05) is 24.3 Å². The number of anilines is 1. The molecule has 0 bridgehead atoms. The van der Waals surface area contributed by atoms with E-state index in [1.165, 1.54) is 0 Å². The first-order valence-electron chi connectivity index (χ1n) is 7.25. The minimum absolute atomic E-state index is 0.507. The van der Waals surface area contributed by atoms with Crippen molar-refractivity contribution in [2.24, 2.45) is 0 Å². The van der Waals surface area contributed by atoms with Crippen LogP contribution in [0.25, 0.3) is 22.8 Å². The number of hydrogen-bond donors (Lipinski definition) is 2. The molecule has 0 saturated carbocycles. The number of benzene rings is 2. The van der Waals surface area contributed by atoms with Crippen LogP contribution in [0.4, 0.5) is 5.69 Å². The van der Waals surface area contributed by atoms with E-state index < -0.39 is 0 Å². The number of aromatic amines is 1. The van der Waals surface area contributed by atoms with Gasteiger partial charge in [-0.1, -0.05) is 12.1 Å². The lowest BCUT2D eigenvalue weighted by Gasteiger charge is -2.12. The summed E-state index contributed by atoms with van der Waals surface area (Å²) < 4.78 is 16.0. The summed E-state index contributed by atoms with van der Waals surface area (Å²) in [6, 6.07) is 11.1. The third kappa shape index (κ3) is 2.71. The lowest BCUT2D eigenvalue weighted by Crippen LogP contribution is -1.96. The van der Waals surface area contributed by atoms with Crippen LogP contribution in [0, 0.1) is 0 Å². The quantitative estimate of drug-likeness (QED) is 0.700. The second kappa shape index (κ2) is 6.49. The Morgan fingerprint density at radius 2 is 1.62 bits per heavy atom. The Morgan fingerprint density at radius 1 is 0.958 bits per heavy atom. The summed E-state index contributed by atoms with van der Waals surface area (Å²) >= 11 is 0. The van der Waals surface area contributed by atoms with Gasteiger partial charge in [0.05, 0.1) is 21.3 Å². The fraction of sp³-hybridized carbons (Fsp3) is 0.176. The highest BCUT2D eigenvalue weighted by Crippen LogP contribution is 2.40. The SMILES string of the molecule is COc1cc(-c2n[nH]c(-c3ccccc3N)n2)cc(OC)c1OC. The lowest BCUT2D eigenvalue weighted by atomic mass is 10.1. The molecular weight excluding hydrogens is 308 g/mol. The predicted molar refractivity (Wildman–Crippen MR) is 91.3 cm³/mol. The van der Waals surface area contributed by atoms with Gasteiger partial charge in [-0.15, -0.1) is 0 Å². The van der Waals surface area contributed by atoms with E-state index in [9.17, 15) is 0 Å². The van der Waals surface area contributed by atoms with Gasteiger partial charge in [0.1, 0.15) is 0 Å². The zero-order valence-corrected chi connectivity index (χ0v) is 13.7. The monoisotopic (exact) mass is 326 g/mol.